The van der Waals surface area contributed by atoms with Crippen LogP contribution in [0.3, 0.4) is 0 Å². The van der Waals surface area contributed by atoms with Crippen LogP contribution in [0.25, 0.3) is 0 Å². The minimum Gasteiger partial charge on any atom is -0.355 e. The number of amides is 2. The Labute approximate surface area is 191 Å². The number of rotatable bonds is 9. The van der Waals surface area contributed by atoms with Gasteiger partial charge in [0, 0.05) is 58.8 Å². The van der Waals surface area contributed by atoms with E-state index in [1.165, 1.54) is 5.56 Å². The lowest BCUT2D eigenvalue weighted by molar-refractivity contribution is -0.128. The van der Waals surface area contributed by atoms with Crippen molar-refractivity contribution < 1.29 is 9.59 Å². The zero-order valence-electron chi connectivity index (χ0n) is 19.5. The van der Waals surface area contributed by atoms with Crippen molar-refractivity contribution in [3.05, 3.63) is 35.4 Å². The highest BCUT2D eigenvalue weighted by molar-refractivity contribution is 5.80. The van der Waals surface area contributed by atoms with Crippen molar-refractivity contribution in [2.45, 2.75) is 58.2 Å². The van der Waals surface area contributed by atoms with Crippen molar-refractivity contribution in [3.63, 3.8) is 0 Å². The number of guanidine groups is 1. The first-order valence-corrected chi connectivity index (χ1v) is 11.9. The Hall–Kier alpha value is -2.61. The molecule has 1 aromatic rings. The maximum atomic E-state index is 11.9. The first kappa shape index (κ1) is 24.0. The highest BCUT2D eigenvalue weighted by Crippen LogP contribution is 2.15. The first-order valence-electron chi connectivity index (χ1n) is 11.9. The molecule has 2 saturated heterocycles. The van der Waals surface area contributed by atoms with E-state index in [1.807, 2.05) is 4.90 Å². The molecule has 2 aliphatic rings. The Morgan fingerprint density at radius 1 is 1.16 bits per heavy atom. The minimum atomic E-state index is 0.118. The molecule has 0 atom stereocenters. The summed E-state index contributed by atoms with van der Waals surface area (Å²) >= 11 is 0. The van der Waals surface area contributed by atoms with Gasteiger partial charge in [-0.05, 0) is 36.8 Å². The van der Waals surface area contributed by atoms with Gasteiger partial charge in [-0.2, -0.15) is 0 Å². The van der Waals surface area contributed by atoms with Crippen molar-refractivity contribution in [3.8, 4) is 0 Å². The van der Waals surface area contributed by atoms with Crippen LogP contribution in [-0.4, -0.2) is 73.4 Å². The third-order valence-corrected chi connectivity index (χ3v) is 6.09. The Morgan fingerprint density at radius 3 is 2.62 bits per heavy atom. The second-order valence-electron chi connectivity index (χ2n) is 8.71. The first-order chi connectivity index (χ1) is 15.6. The van der Waals surface area contributed by atoms with E-state index in [0.717, 1.165) is 63.4 Å². The molecule has 32 heavy (non-hydrogen) atoms. The molecule has 2 amide bonds. The van der Waals surface area contributed by atoms with Gasteiger partial charge in [0.15, 0.2) is 5.96 Å². The average molecular weight is 443 g/mol. The number of likely N-dealkylation sites (tertiary alicyclic amines) is 2. The topological polar surface area (TPSA) is 89.1 Å². The molecule has 0 bridgehead atoms. The molecule has 3 rings (SSSR count). The zero-order valence-corrected chi connectivity index (χ0v) is 19.5. The molecule has 0 unspecified atom stereocenters. The van der Waals surface area contributed by atoms with Gasteiger partial charge in [0.25, 0.3) is 0 Å². The van der Waals surface area contributed by atoms with Gasteiger partial charge in [-0.1, -0.05) is 31.2 Å². The monoisotopic (exact) mass is 442 g/mol. The summed E-state index contributed by atoms with van der Waals surface area (Å²) in [6.07, 6.45) is 4.58. The lowest BCUT2D eigenvalue weighted by Gasteiger charge is -2.32. The Bertz CT molecular complexity index is 788. The smallest absolute Gasteiger partial charge is 0.234 e. The number of carbonyl (C=O) groups excluding carboxylic acids is 2. The molecule has 2 heterocycles. The molecule has 0 aliphatic carbocycles. The zero-order chi connectivity index (χ0) is 22.8. The number of hydrogen-bond acceptors (Lipinski definition) is 4. The summed E-state index contributed by atoms with van der Waals surface area (Å²) in [5.74, 6) is 1.17. The number of piperidine rings is 1. The van der Waals surface area contributed by atoms with Crippen LogP contribution in [0.2, 0.25) is 0 Å². The van der Waals surface area contributed by atoms with Gasteiger partial charge in [0.1, 0.15) is 0 Å². The summed E-state index contributed by atoms with van der Waals surface area (Å²) in [6.45, 7) is 7.34. The van der Waals surface area contributed by atoms with Crippen LogP contribution < -0.4 is 16.0 Å². The van der Waals surface area contributed by atoms with Crippen LogP contribution in [0.1, 0.15) is 50.2 Å². The predicted molar refractivity (Wildman–Crippen MR) is 127 cm³/mol. The normalized spacial score (nSPS) is 18.1. The van der Waals surface area contributed by atoms with E-state index in [2.05, 4.69) is 57.0 Å². The van der Waals surface area contributed by atoms with E-state index in [0.29, 0.717) is 32.1 Å². The molecule has 176 valence electrons. The van der Waals surface area contributed by atoms with Crippen molar-refractivity contribution in [2.75, 3.05) is 39.8 Å². The number of nitrogens with zero attached hydrogens (tertiary/aromatic N) is 3. The molecule has 1 aromatic carbocycles. The molecular formula is C24H38N6O2. The van der Waals surface area contributed by atoms with Crippen LogP contribution >= 0.6 is 0 Å². The third kappa shape index (κ3) is 7.51. The van der Waals surface area contributed by atoms with Crippen molar-refractivity contribution in [1.29, 1.82) is 0 Å². The fraction of sp³-hybridized carbons (Fsp3) is 0.625. The van der Waals surface area contributed by atoms with Crippen molar-refractivity contribution >= 4 is 17.8 Å². The van der Waals surface area contributed by atoms with E-state index >= 15 is 0 Å². The Morgan fingerprint density at radius 2 is 1.94 bits per heavy atom. The number of aliphatic imine (C=N–C) groups is 1. The summed E-state index contributed by atoms with van der Waals surface area (Å²) in [5, 5.41) is 9.88. The van der Waals surface area contributed by atoms with E-state index in [-0.39, 0.29) is 11.8 Å². The van der Waals surface area contributed by atoms with Gasteiger partial charge in [0.2, 0.25) is 11.8 Å². The Balaban J connectivity index is 1.40. The summed E-state index contributed by atoms with van der Waals surface area (Å²) in [7, 11) is 1.79. The summed E-state index contributed by atoms with van der Waals surface area (Å²) in [4.78, 5) is 32.3. The fourth-order valence-corrected chi connectivity index (χ4v) is 4.26. The maximum Gasteiger partial charge on any atom is 0.234 e. The van der Waals surface area contributed by atoms with Gasteiger partial charge >= 0.3 is 0 Å². The highest BCUT2D eigenvalue weighted by atomic mass is 16.2. The Kier molecular flexibility index (Phi) is 9.34. The second-order valence-corrected chi connectivity index (χ2v) is 8.71. The van der Waals surface area contributed by atoms with Crippen LogP contribution in [-0.2, 0) is 22.7 Å². The van der Waals surface area contributed by atoms with Gasteiger partial charge in [-0.3, -0.25) is 19.5 Å². The molecule has 0 radical (unpaired) electrons. The molecule has 0 aromatic heterocycles. The van der Waals surface area contributed by atoms with Gasteiger partial charge in [0.05, 0.1) is 6.54 Å². The summed E-state index contributed by atoms with van der Waals surface area (Å²) in [6, 6.07) is 8.74. The van der Waals surface area contributed by atoms with Crippen LogP contribution in [0.15, 0.2) is 29.3 Å². The molecule has 8 heteroatoms. The fourth-order valence-electron chi connectivity index (χ4n) is 4.26. The van der Waals surface area contributed by atoms with Crippen molar-refractivity contribution in [1.82, 2.24) is 25.8 Å². The van der Waals surface area contributed by atoms with E-state index in [9.17, 15) is 9.59 Å². The molecule has 2 aliphatic heterocycles. The van der Waals surface area contributed by atoms with Crippen molar-refractivity contribution in [2.24, 2.45) is 4.99 Å². The van der Waals surface area contributed by atoms with Crippen LogP contribution in [0.4, 0.5) is 0 Å². The highest BCUT2D eigenvalue weighted by Gasteiger charge is 2.22. The van der Waals surface area contributed by atoms with E-state index in [1.54, 1.807) is 7.05 Å². The van der Waals surface area contributed by atoms with Gasteiger partial charge in [-0.15, -0.1) is 0 Å². The second kappa shape index (κ2) is 12.4. The standard InChI is InChI=1S/C24H38N6O2/c1-3-11-26-22(31)18-29-13-9-21(10-14-29)28-24(25-2)27-16-19-6-4-7-20(15-19)17-30-12-5-8-23(30)32/h4,6-7,15,21H,3,5,8-14,16-18H2,1-2H3,(H,26,31)(H2,25,27,28). The third-order valence-electron chi connectivity index (χ3n) is 6.09. The molecule has 3 N–H and O–H groups in total. The predicted octanol–water partition coefficient (Wildman–Crippen LogP) is 1.46. The molecule has 0 saturated carbocycles. The maximum absolute atomic E-state index is 11.9. The molecule has 8 nitrogen and oxygen atoms in total. The largest absolute Gasteiger partial charge is 0.355 e. The summed E-state index contributed by atoms with van der Waals surface area (Å²) < 4.78 is 0. The number of carbonyl (C=O) groups is 2. The molecule has 2 fully saturated rings. The summed E-state index contributed by atoms with van der Waals surface area (Å²) in [5.41, 5.74) is 2.34. The lowest BCUT2D eigenvalue weighted by Crippen LogP contribution is -2.50. The number of hydrogen-bond donors (Lipinski definition) is 3. The van der Waals surface area contributed by atoms with E-state index in [4.69, 9.17) is 0 Å². The minimum absolute atomic E-state index is 0.118. The molecule has 0 spiro atoms. The SMILES string of the molecule is CCCNC(=O)CN1CCC(NC(=NC)NCc2cccc(CN3CCCC3=O)c2)CC1. The number of benzene rings is 1. The van der Waals surface area contributed by atoms with E-state index < -0.39 is 0 Å². The quantitative estimate of drug-likeness (QED) is 0.398. The van der Waals surface area contributed by atoms with Crippen LogP contribution in [0, 0.1) is 0 Å². The molecular weight excluding hydrogens is 404 g/mol. The number of nitrogens with one attached hydrogen (secondary N) is 3. The van der Waals surface area contributed by atoms with Gasteiger partial charge in [-0.25, -0.2) is 0 Å². The van der Waals surface area contributed by atoms with Crippen LogP contribution in [0.5, 0.6) is 0 Å². The average Bonchev–Trinajstić information content (AvgIpc) is 3.20. The van der Waals surface area contributed by atoms with Gasteiger partial charge < -0.3 is 20.9 Å². The lowest BCUT2D eigenvalue weighted by atomic mass is 10.1.